The molecule has 2 aliphatic rings. The Labute approximate surface area is 150 Å². The van der Waals surface area contributed by atoms with E-state index in [-0.39, 0.29) is 11.9 Å². The summed E-state index contributed by atoms with van der Waals surface area (Å²) >= 11 is 0. The first kappa shape index (κ1) is 18.3. The second kappa shape index (κ2) is 7.83. The molecular weight excluding hydrogens is 338 g/mol. The van der Waals surface area contributed by atoms with Crippen LogP contribution in [0.5, 0.6) is 0 Å². The van der Waals surface area contributed by atoms with Crippen LogP contribution in [0.15, 0.2) is 24.5 Å². The van der Waals surface area contributed by atoms with E-state index < -0.39 is 10.0 Å². The number of rotatable bonds is 6. The van der Waals surface area contributed by atoms with Gasteiger partial charge in [-0.05, 0) is 36.5 Å². The van der Waals surface area contributed by atoms with Gasteiger partial charge in [-0.25, -0.2) is 8.42 Å². The molecule has 2 fully saturated rings. The minimum absolute atomic E-state index is 0.126. The molecule has 1 aliphatic carbocycles. The molecule has 6 nitrogen and oxygen atoms in total. The summed E-state index contributed by atoms with van der Waals surface area (Å²) in [5.41, 5.74) is 0.910. The van der Waals surface area contributed by atoms with E-state index in [2.05, 4.69) is 4.98 Å². The highest BCUT2D eigenvalue weighted by Gasteiger charge is 2.39. The first-order valence-electron chi connectivity index (χ1n) is 9.07. The fourth-order valence-corrected chi connectivity index (χ4v) is 4.85. The molecule has 138 valence electrons. The molecule has 25 heavy (non-hydrogen) atoms. The van der Waals surface area contributed by atoms with Gasteiger partial charge in [0.2, 0.25) is 15.9 Å². The van der Waals surface area contributed by atoms with Crippen LogP contribution >= 0.6 is 0 Å². The molecule has 3 rings (SSSR count). The number of hydrogen-bond donors (Lipinski definition) is 0. The largest absolute Gasteiger partial charge is 0.339 e. The summed E-state index contributed by atoms with van der Waals surface area (Å²) in [5.74, 6) is 0.698. The molecule has 0 N–H and O–H groups in total. The zero-order valence-corrected chi connectivity index (χ0v) is 15.6. The van der Waals surface area contributed by atoms with Crippen LogP contribution in [0.3, 0.4) is 0 Å². The van der Waals surface area contributed by atoms with Crippen LogP contribution in [0.1, 0.15) is 44.1 Å². The number of hydrogen-bond acceptors (Lipinski definition) is 4. The molecule has 1 saturated heterocycles. The van der Waals surface area contributed by atoms with E-state index in [1.165, 1.54) is 29.8 Å². The van der Waals surface area contributed by atoms with Gasteiger partial charge in [-0.1, -0.05) is 19.3 Å². The van der Waals surface area contributed by atoms with Crippen molar-refractivity contribution in [1.29, 1.82) is 0 Å². The summed E-state index contributed by atoms with van der Waals surface area (Å²) < 4.78 is 25.8. The van der Waals surface area contributed by atoms with Gasteiger partial charge in [0.15, 0.2) is 0 Å². The quantitative estimate of drug-likeness (QED) is 0.773. The molecule has 1 aromatic heterocycles. The average molecular weight is 365 g/mol. The van der Waals surface area contributed by atoms with Gasteiger partial charge in [0.1, 0.15) is 0 Å². The third-order valence-corrected chi connectivity index (χ3v) is 6.60. The zero-order valence-electron chi connectivity index (χ0n) is 14.8. The summed E-state index contributed by atoms with van der Waals surface area (Å²) in [7, 11) is -3.32. The van der Waals surface area contributed by atoms with Crippen molar-refractivity contribution in [1.82, 2.24) is 14.2 Å². The molecule has 0 atom stereocenters. The first-order valence-corrected chi connectivity index (χ1v) is 10.9. The monoisotopic (exact) mass is 365 g/mol. The molecule has 0 radical (unpaired) electrons. The van der Waals surface area contributed by atoms with Crippen LogP contribution in [0.4, 0.5) is 0 Å². The Kier molecular flexibility index (Phi) is 5.74. The topological polar surface area (TPSA) is 70.6 Å². The number of amides is 1. The predicted octanol–water partition coefficient (Wildman–Crippen LogP) is 2.02. The number of nitrogens with zero attached hydrogens (tertiary/aromatic N) is 3. The molecule has 0 bridgehead atoms. The van der Waals surface area contributed by atoms with E-state index in [1.54, 1.807) is 12.4 Å². The van der Waals surface area contributed by atoms with Crippen molar-refractivity contribution in [3.05, 3.63) is 30.1 Å². The molecule has 0 aromatic carbocycles. The minimum atomic E-state index is -3.32. The fraction of sp³-hybridized carbons (Fsp3) is 0.667. The van der Waals surface area contributed by atoms with Crippen LogP contribution in [-0.2, 0) is 21.4 Å². The van der Waals surface area contributed by atoms with Gasteiger partial charge in [-0.2, -0.15) is 4.31 Å². The SMILES string of the molecule is CS(=O)(=O)N(Cc1ccncc1)C1CN(C(=O)CC2CCCCC2)C1. The maximum atomic E-state index is 12.4. The Morgan fingerprint density at radius 2 is 1.84 bits per heavy atom. The van der Waals surface area contributed by atoms with Gasteiger partial charge in [0.25, 0.3) is 0 Å². The van der Waals surface area contributed by atoms with Crippen LogP contribution in [0.25, 0.3) is 0 Å². The van der Waals surface area contributed by atoms with E-state index in [1.807, 2.05) is 17.0 Å². The number of pyridine rings is 1. The van der Waals surface area contributed by atoms with Crippen LogP contribution in [-0.4, -0.2) is 53.9 Å². The third kappa shape index (κ3) is 4.79. The summed E-state index contributed by atoms with van der Waals surface area (Å²) in [4.78, 5) is 18.2. The van der Waals surface area contributed by atoms with Gasteiger partial charge in [-0.15, -0.1) is 0 Å². The average Bonchev–Trinajstić information content (AvgIpc) is 2.53. The Bertz CT molecular complexity index is 681. The van der Waals surface area contributed by atoms with Crippen molar-refractivity contribution in [2.45, 2.75) is 51.1 Å². The van der Waals surface area contributed by atoms with Crippen LogP contribution in [0, 0.1) is 5.92 Å². The lowest BCUT2D eigenvalue weighted by atomic mass is 9.86. The van der Waals surface area contributed by atoms with E-state index in [0.717, 1.165) is 18.4 Å². The van der Waals surface area contributed by atoms with Crippen molar-refractivity contribution in [2.75, 3.05) is 19.3 Å². The van der Waals surface area contributed by atoms with Gasteiger partial charge in [0, 0.05) is 38.4 Å². The number of carbonyl (C=O) groups is 1. The highest BCUT2D eigenvalue weighted by Crippen LogP contribution is 2.28. The second-order valence-corrected chi connectivity index (χ2v) is 9.26. The smallest absolute Gasteiger partial charge is 0.222 e. The lowest BCUT2D eigenvalue weighted by molar-refractivity contribution is -0.138. The lowest BCUT2D eigenvalue weighted by Gasteiger charge is -2.44. The summed E-state index contributed by atoms with van der Waals surface area (Å²) in [6.45, 7) is 1.34. The highest BCUT2D eigenvalue weighted by atomic mass is 32.2. The Balaban J connectivity index is 1.55. The number of sulfonamides is 1. The standard InChI is InChI=1S/C18H27N3O3S/c1-25(23,24)21(12-16-7-9-19-10-8-16)17-13-20(14-17)18(22)11-15-5-3-2-4-6-15/h7-10,15,17H,2-6,11-14H2,1H3. The summed E-state index contributed by atoms with van der Waals surface area (Å²) in [6.07, 6.45) is 11.2. The fourth-order valence-electron chi connectivity index (χ4n) is 3.79. The zero-order chi connectivity index (χ0) is 17.9. The highest BCUT2D eigenvalue weighted by molar-refractivity contribution is 7.88. The van der Waals surface area contributed by atoms with E-state index in [0.29, 0.717) is 32.0 Å². The maximum absolute atomic E-state index is 12.4. The molecule has 1 amide bonds. The lowest BCUT2D eigenvalue weighted by Crippen LogP contribution is -2.62. The van der Waals surface area contributed by atoms with E-state index in [4.69, 9.17) is 0 Å². The Morgan fingerprint density at radius 1 is 1.20 bits per heavy atom. The number of aromatic nitrogens is 1. The number of carbonyl (C=O) groups excluding carboxylic acids is 1. The molecule has 2 heterocycles. The van der Waals surface area contributed by atoms with Crippen molar-refractivity contribution in [2.24, 2.45) is 5.92 Å². The van der Waals surface area contributed by atoms with Crippen molar-refractivity contribution >= 4 is 15.9 Å². The number of likely N-dealkylation sites (tertiary alicyclic amines) is 1. The van der Waals surface area contributed by atoms with Crippen LogP contribution in [0.2, 0.25) is 0 Å². The van der Waals surface area contributed by atoms with E-state index in [9.17, 15) is 13.2 Å². The van der Waals surface area contributed by atoms with E-state index >= 15 is 0 Å². The Hall–Kier alpha value is -1.47. The van der Waals surface area contributed by atoms with Crippen molar-refractivity contribution < 1.29 is 13.2 Å². The predicted molar refractivity (Wildman–Crippen MR) is 96.2 cm³/mol. The maximum Gasteiger partial charge on any atom is 0.222 e. The summed E-state index contributed by atoms with van der Waals surface area (Å²) in [5, 5.41) is 0. The summed E-state index contributed by atoms with van der Waals surface area (Å²) in [6, 6.07) is 3.52. The molecule has 0 unspecified atom stereocenters. The van der Waals surface area contributed by atoms with Gasteiger partial charge >= 0.3 is 0 Å². The molecule has 1 aliphatic heterocycles. The van der Waals surface area contributed by atoms with Gasteiger partial charge in [-0.3, -0.25) is 9.78 Å². The molecule has 0 spiro atoms. The molecule has 1 aromatic rings. The molecule has 1 saturated carbocycles. The second-order valence-electron chi connectivity index (χ2n) is 7.32. The minimum Gasteiger partial charge on any atom is -0.339 e. The van der Waals surface area contributed by atoms with Gasteiger partial charge in [0.05, 0.1) is 12.3 Å². The van der Waals surface area contributed by atoms with Crippen LogP contribution < -0.4 is 0 Å². The first-order chi connectivity index (χ1) is 11.9. The molecular formula is C18H27N3O3S. The normalized spacial score (nSPS) is 19.8. The van der Waals surface area contributed by atoms with Crippen molar-refractivity contribution in [3.63, 3.8) is 0 Å². The third-order valence-electron chi connectivity index (χ3n) is 5.32. The Morgan fingerprint density at radius 3 is 2.44 bits per heavy atom. The van der Waals surface area contributed by atoms with Crippen molar-refractivity contribution in [3.8, 4) is 0 Å². The molecule has 7 heteroatoms. The van der Waals surface area contributed by atoms with Gasteiger partial charge < -0.3 is 4.90 Å².